The zero-order valence-electron chi connectivity index (χ0n) is 8.72. The minimum Gasteiger partial charge on any atom is -0.507 e. The Morgan fingerprint density at radius 2 is 2.07 bits per heavy atom. The van der Waals surface area contributed by atoms with Crippen molar-refractivity contribution in [3.05, 3.63) is 23.3 Å². The van der Waals surface area contributed by atoms with Gasteiger partial charge < -0.3 is 10.4 Å². The zero-order valence-corrected chi connectivity index (χ0v) is 8.72. The normalized spacial score (nSPS) is 9.93. The molecular weight excluding hydrogens is 178 g/mol. The number of nitrogens with one attached hydrogen (secondary N) is 1. The van der Waals surface area contributed by atoms with Gasteiger partial charge in [-0.25, -0.2) is 0 Å². The molecule has 0 bridgehead atoms. The Kier molecular flexibility index (Phi) is 3.12. The molecule has 3 heteroatoms. The molecule has 0 spiro atoms. The highest BCUT2D eigenvalue weighted by molar-refractivity contribution is 5.91. The van der Waals surface area contributed by atoms with Gasteiger partial charge in [0.15, 0.2) is 0 Å². The molecule has 0 saturated carbocycles. The second-order valence-electron chi connectivity index (χ2n) is 3.31. The molecule has 0 saturated heterocycles. The van der Waals surface area contributed by atoms with Gasteiger partial charge in [-0.2, -0.15) is 0 Å². The largest absolute Gasteiger partial charge is 0.507 e. The van der Waals surface area contributed by atoms with Crippen LogP contribution < -0.4 is 5.32 Å². The number of phenolic OH excluding ortho intramolecular Hbond substituents is 1. The highest BCUT2D eigenvalue weighted by atomic mass is 16.3. The van der Waals surface area contributed by atoms with E-state index in [2.05, 4.69) is 5.32 Å². The summed E-state index contributed by atoms with van der Waals surface area (Å²) in [6, 6.07) is 3.59. The number of aryl methyl sites for hydroxylation is 1. The molecule has 1 amide bonds. The minimum atomic E-state index is -0.0450. The van der Waals surface area contributed by atoms with Gasteiger partial charge in [-0.15, -0.1) is 0 Å². The Morgan fingerprint density at radius 3 is 2.64 bits per heavy atom. The van der Waals surface area contributed by atoms with Gasteiger partial charge in [0.25, 0.3) is 0 Å². The van der Waals surface area contributed by atoms with E-state index in [1.807, 2.05) is 6.92 Å². The van der Waals surface area contributed by atoms with Crippen molar-refractivity contribution in [2.45, 2.75) is 27.2 Å². The Morgan fingerprint density at radius 1 is 1.43 bits per heavy atom. The van der Waals surface area contributed by atoms with Gasteiger partial charge in [-0.3, -0.25) is 4.79 Å². The number of rotatable bonds is 2. The average molecular weight is 193 g/mol. The van der Waals surface area contributed by atoms with Gasteiger partial charge in [0.2, 0.25) is 5.91 Å². The Labute approximate surface area is 83.8 Å². The molecule has 0 aliphatic rings. The lowest BCUT2D eigenvalue weighted by Crippen LogP contribution is -2.10. The molecule has 0 aliphatic heterocycles. The van der Waals surface area contributed by atoms with Crippen molar-refractivity contribution in [3.63, 3.8) is 0 Å². The lowest BCUT2D eigenvalue weighted by atomic mass is 10.1. The van der Waals surface area contributed by atoms with Crippen molar-refractivity contribution >= 4 is 11.6 Å². The van der Waals surface area contributed by atoms with Crippen molar-refractivity contribution in [3.8, 4) is 5.75 Å². The first-order chi connectivity index (χ1) is 6.56. The van der Waals surface area contributed by atoms with Crippen LogP contribution in [-0.4, -0.2) is 11.0 Å². The van der Waals surface area contributed by atoms with Crippen LogP contribution in [0.25, 0.3) is 0 Å². The lowest BCUT2D eigenvalue weighted by Gasteiger charge is -2.10. The molecule has 0 unspecified atom stereocenters. The SMILES string of the molecule is CCC(=O)Nc1ccc(C)c(O)c1C. The van der Waals surface area contributed by atoms with E-state index < -0.39 is 0 Å². The van der Waals surface area contributed by atoms with Crippen LogP contribution in [0.15, 0.2) is 12.1 Å². The monoisotopic (exact) mass is 193 g/mol. The van der Waals surface area contributed by atoms with E-state index in [-0.39, 0.29) is 11.7 Å². The second kappa shape index (κ2) is 4.13. The topological polar surface area (TPSA) is 49.3 Å². The maximum atomic E-state index is 11.1. The van der Waals surface area contributed by atoms with Crippen molar-refractivity contribution in [2.75, 3.05) is 5.32 Å². The highest BCUT2D eigenvalue weighted by Gasteiger charge is 2.07. The summed E-state index contributed by atoms with van der Waals surface area (Å²) in [5, 5.41) is 12.4. The summed E-state index contributed by atoms with van der Waals surface area (Å²) in [5.74, 6) is 0.204. The van der Waals surface area contributed by atoms with Crippen LogP contribution in [0.4, 0.5) is 5.69 Å². The first kappa shape index (κ1) is 10.6. The van der Waals surface area contributed by atoms with E-state index in [0.29, 0.717) is 17.7 Å². The van der Waals surface area contributed by atoms with Crippen LogP contribution in [0.3, 0.4) is 0 Å². The number of aromatic hydroxyl groups is 1. The molecule has 1 rings (SSSR count). The third kappa shape index (κ3) is 2.05. The van der Waals surface area contributed by atoms with Crippen molar-refractivity contribution in [2.24, 2.45) is 0 Å². The van der Waals surface area contributed by atoms with Gasteiger partial charge in [0.05, 0.1) is 0 Å². The Hall–Kier alpha value is -1.51. The molecule has 3 nitrogen and oxygen atoms in total. The maximum Gasteiger partial charge on any atom is 0.224 e. The Balaban J connectivity index is 3.00. The van der Waals surface area contributed by atoms with Crippen LogP contribution in [0.2, 0.25) is 0 Å². The smallest absolute Gasteiger partial charge is 0.224 e. The summed E-state index contributed by atoms with van der Waals surface area (Å²) >= 11 is 0. The molecule has 0 radical (unpaired) electrons. The number of carbonyl (C=O) groups excluding carboxylic acids is 1. The number of benzene rings is 1. The van der Waals surface area contributed by atoms with Crippen molar-refractivity contribution < 1.29 is 9.90 Å². The van der Waals surface area contributed by atoms with E-state index in [0.717, 1.165) is 5.56 Å². The fraction of sp³-hybridized carbons (Fsp3) is 0.364. The fourth-order valence-electron chi connectivity index (χ4n) is 1.21. The molecule has 0 aromatic heterocycles. The van der Waals surface area contributed by atoms with Gasteiger partial charge in [0, 0.05) is 17.7 Å². The van der Waals surface area contributed by atoms with Crippen LogP contribution in [0, 0.1) is 13.8 Å². The second-order valence-corrected chi connectivity index (χ2v) is 3.31. The molecule has 0 heterocycles. The number of amides is 1. The first-order valence-electron chi connectivity index (χ1n) is 4.65. The quantitative estimate of drug-likeness (QED) is 0.757. The summed E-state index contributed by atoms with van der Waals surface area (Å²) in [6.45, 7) is 5.40. The summed E-state index contributed by atoms with van der Waals surface area (Å²) in [6.07, 6.45) is 0.439. The maximum absolute atomic E-state index is 11.1. The molecule has 14 heavy (non-hydrogen) atoms. The number of hydrogen-bond donors (Lipinski definition) is 2. The highest BCUT2D eigenvalue weighted by Crippen LogP contribution is 2.27. The summed E-state index contributed by atoms with van der Waals surface area (Å²) < 4.78 is 0. The standard InChI is InChI=1S/C11H15NO2/c1-4-10(13)12-9-6-5-7(2)11(14)8(9)3/h5-6,14H,4H2,1-3H3,(H,12,13). The van der Waals surface area contributed by atoms with Gasteiger partial charge in [0.1, 0.15) is 5.75 Å². The van der Waals surface area contributed by atoms with Crippen molar-refractivity contribution in [1.82, 2.24) is 0 Å². The third-order valence-corrected chi connectivity index (χ3v) is 2.23. The fourth-order valence-corrected chi connectivity index (χ4v) is 1.21. The average Bonchev–Trinajstić information content (AvgIpc) is 2.19. The number of phenols is 1. The summed E-state index contributed by atoms with van der Waals surface area (Å²) in [5.41, 5.74) is 2.21. The summed E-state index contributed by atoms with van der Waals surface area (Å²) in [7, 11) is 0. The van der Waals surface area contributed by atoms with E-state index in [4.69, 9.17) is 0 Å². The number of hydrogen-bond acceptors (Lipinski definition) is 2. The number of carbonyl (C=O) groups is 1. The minimum absolute atomic E-state index is 0.0450. The van der Waals surface area contributed by atoms with Gasteiger partial charge >= 0.3 is 0 Å². The van der Waals surface area contributed by atoms with Crippen LogP contribution >= 0.6 is 0 Å². The number of anilines is 1. The predicted molar refractivity (Wildman–Crippen MR) is 56.5 cm³/mol. The molecule has 0 fully saturated rings. The van der Waals surface area contributed by atoms with E-state index in [9.17, 15) is 9.90 Å². The molecule has 76 valence electrons. The molecule has 2 N–H and O–H groups in total. The Bertz CT molecular complexity index is 359. The van der Waals surface area contributed by atoms with E-state index in [1.165, 1.54) is 0 Å². The molecule has 0 atom stereocenters. The van der Waals surface area contributed by atoms with Gasteiger partial charge in [-0.05, 0) is 25.5 Å². The van der Waals surface area contributed by atoms with E-state index in [1.54, 1.807) is 26.0 Å². The third-order valence-electron chi connectivity index (χ3n) is 2.23. The van der Waals surface area contributed by atoms with Gasteiger partial charge in [-0.1, -0.05) is 13.0 Å². The van der Waals surface area contributed by atoms with E-state index >= 15 is 0 Å². The summed E-state index contributed by atoms with van der Waals surface area (Å²) in [4.78, 5) is 11.1. The molecular formula is C11H15NO2. The predicted octanol–water partition coefficient (Wildman–Crippen LogP) is 2.36. The zero-order chi connectivity index (χ0) is 10.7. The lowest BCUT2D eigenvalue weighted by molar-refractivity contribution is -0.115. The van der Waals surface area contributed by atoms with Crippen LogP contribution in [0.5, 0.6) is 5.75 Å². The van der Waals surface area contributed by atoms with Crippen LogP contribution in [-0.2, 0) is 4.79 Å². The molecule has 1 aromatic rings. The first-order valence-corrected chi connectivity index (χ1v) is 4.65. The van der Waals surface area contributed by atoms with Crippen LogP contribution in [0.1, 0.15) is 24.5 Å². The molecule has 1 aromatic carbocycles. The van der Waals surface area contributed by atoms with Crippen molar-refractivity contribution in [1.29, 1.82) is 0 Å². The molecule has 0 aliphatic carbocycles.